The molecule has 2 aromatic carbocycles. The van der Waals surface area contributed by atoms with Crippen molar-refractivity contribution in [1.29, 1.82) is 5.26 Å². The first-order valence-electron chi connectivity index (χ1n) is 7.11. The quantitative estimate of drug-likeness (QED) is 0.305. The number of halogens is 2. The first-order valence-corrected chi connectivity index (χ1v) is 9.26. The van der Waals surface area contributed by atoms with Crippen molar-refractivity contribution >= 4 is 68.8 Å². The maximum Gasteiger partial charge on any atom is 0.341 e. The molecule has 0 amide bonds. The maximum atomic E-state index is 10.9. The van der Waals surface area contributed by atoms with Gasteiger partial charge in [-0.05, 0) is 86.7 Å². The van der Waals surface area contributed by atoms with Gasteiger partial charge in [-0.25, -0.2) is 9.59 Å². The maximum absolute atomic E-state index is 10.9. The van der Waals surface area contributed by atoms with E-state index in [2.05, 4.69) is 6.07 Å². The molecule has 0 saturated carbocycles. The number of carbonyl (C=O) groups is 2. The lowest BCUT2D eigenvalue weighted by Gasteiger charge is -2.10. The van der Waals surface area contributed by atoms with Crippen LogP contribution in [0.25, 0.3) is 11.6 Å². The van der Waals surface area contributed by atoms with Crippen molar-refractivity contribution in [3.8, 4) is 11.8 Å². The molecule has 0 aromatic heterocycles. The molecule has 132 valence electrons. The molecule has 2 aromatic rings. The Balaban J connectivity index is 2.35. The monoisotopic (exact) mass is 575 g/mol. The van der Waals surface area contributed by atoms with Gasteiger partial charge in [-0.1, -0.05) is 12.1 Å². The molecule has 0 aliphatic rings. The second kappa shape index (κ2) is 9.00. The first-order chi connectivity index (χ1) is 12.3. The largest absolute Gasteiger partial charge is 0.480 e. The number of aliphatic carboxylic acids is 1. The predicted molar refractivity (Wildman–Crippen MR) is 112 cm³/mol. The zero-order valence-corrected chi connectivity index (χ0v) is 17.4. The third-order valence-corrected chi connectivity index (χ3v) is 4.84. The molecule has 0 saturated heterocycles. The van der Waals surface area contributed by atoms with E-state index in [0.717, 1.165) is 12.7 Å². The lowest BCUT2D eigenvalue weighted by Crippen LogP contribution is -2.11. The predicted octanol–water partition coefficient (Wildman–Crippen LogP) is 4.12. The number of allylic oxidation sites excluding steroid dienone is 1. The van der Waals surface area contributed by atoms with E-state index in [1.54, 1.807) is 30.3 Å². The standard InChI is InChI=1S/C18H11I2NO5/c19-14-6-10(7-15(20)17(14)26-9-16(22)23)5-13(8-21)11-1-3-12(4-2-11)18(24)25/h1-7H,9H2,(H,22,23)(H,24,25)/b13-5-. The van der Waals surface area contributed by atoms with E-state index in [1.165, 1.54) is 12.1 Å². The fourth-order valence-electron chi connectivity index (χ4n) is 2.07. The highest BCUT2D eigenvalue weighted by Crippen LogP contribution is 2.30. The van der Waals surface area contributed by atoms with Crippen LogP contribution in [0.15, 0.2) is 36.4 Å². The zero-order chi connectivity index (χ0) is 19.3. The van der Waals surface area contributed by atoms with E-state index < -0.39 is 18.5 Å². The van der Waals surface area contributed by atoms with Crippen molar-refractivity contribution < 1.29 is 24.5 Å². The van der Waals surface area contributed by atoms with Crippen LogP contribution < -0.4 is 4.74 Å². The highest BCUT2D eigenvalue weighted by atomic mass is 127. The number of hydrogen-bond acceptors (Lipinski definition) is 4. The summed E-state index contributed by atoms with van der Waals surface area (Å²) in [6.45, 7) is -0.430. The molecular formula is C18H11I2NO5. The van der Waals surface area contributed by atoms with Crippen LogP contribution in [0.3, 0.4) is 0 Å². The molecule has 0 fully saturated rings. The molecule has 0 aliphatic carbocycles. The molecule has 0 atom stereocenters. The number of ether oxygens (including phenoxy) is 1. The Morgan fingerprint density at radius 3 is 2.08 bits per heavy atom. The number of carboxylic acids is 2. The Bertz CT molecular complexity index is 907. The fraction of sp³-hybridized carbons (Fsp3) is 0.0556. The number of benzene rings is 2. The third kappa shape index (κ3) is 5.18. The lowest BCUT2D eigenvalue weighted by molar-refractivity contribution is -0.139. The van der Waals surface area contributed by atoms with Gasteiger partial charge in [0.25, 0.3) is 0 Å². The molecule has 0 aliphatic heterocycles. The minimum atomic E-state index is -1.06. The van der Waals surface area contributed by atoms with E-state index >= 15 is 0 Å². The highest BCUT2D eigenvalue weighted by molar-refractivity contribution is 14.1. The van der Waals surface area contributed by atoms with Crippen LogP contribution in [0.4, 0.5) is 0 Å². The average molecular weight is 575 g/mol. The SMILES string of the molecule is N#C/C(=C/c1cc(I)c(OCC(=O)O)c(I)c1)c1ccc(C(=O)O)cc1. The van der Waals surface area contributed by atoms with E-state index in [-0.39, 0.29) is 5.56 Å². The molecule has 0 spiro atoms. The third-order valence-electron chi connectivity index (χ3n) is 3.23. The van der Waals surface area contributed by atoms with Gasteiger partial charge in [-0.15, -0.1) is 0 Å². The van der Waals surface area contributed by atoms with Crippen molar-refractivity contribution in [2.24, 2.45) is 0 Å². The Morgan fingerprint density at radius 1 is 1.08 bits per heavy atom. The Labute approximate surface area is 176 Å². The molecule has 2 rings (SSSR count). The van der Waals surface area contributed by atoms with Crippen LogP contribution in [-0.2, 0) is 4.79 Å². The van der Waals surface area contributed by atoms with Crippen molar-refractivity contribution in [1.82, 2.24) is 0 Å². The van der Waals surface area contributed by atoms with Gasteiger partial charge in [0.2, 0.25) is 0 Å². The minimum absolute atomic E-state index is 0.148. The molecule has 26 heavy (non-hydrogen) atoms. The summed E-state index contributed by atoms with van der Waals surface area (Å²) >= 11 is 4.09. The number of nitrogens with zero attached hydrogens (tertiary/aromatic N) is 1. The molecule has 0 heterocycles. The van der Waals surface area contributed by atoms with Gasteiger partial charge >= 0.3 is 11.9 Å². The van der Waals surface area contributed by atoms with Crippen LogP contribution >= 0.6 is 45.2 Å². The number of rotatable bonds is 6. The Morgan fingerprint density at radius 2 is 1.62 bits per heavy atom. The summed E-state index contributed by atoms with van der Waals surface area (Å²) < 4.78 is 6.73. The first kappa shape index (κ1) is 20.2. The van der Waals surface area contributed by atoms with Gasteiger partial charge in [0.1, 0.15) is 5.75 Å². The van der Waals surface area contributed by atoms with Gasteiger partial charge in [0.15, 0.2) is 6.61 Å². The van der Waals surface area contributed by atoms with E-state index in [4.69, 9.17) is 14.9 Å². The summed E-state index contributed by atoms with van der Waals surface area (Å²) in [7, 11) is 0. The second-order valence-electron chi connectivity index (χ2n) is 5.05. The zero-order valence-electron chi connectivity index (χ0n) is 13.1. The average Bonchev–Trinajstić information content (AvgIpc) is 2.58. The van der Waals surface area contributed by atoms with Crippen molar-refractivity contribution in [3.63, 3.8) is 0 Å². The highest BCUT2D eigenvalue weighted by Gasteiger charge is 2.11. The van der Waals surface area contributed by atoms with Crippen LogP contribution in [0.2, 0.25) is 0 Å². The summed E-state index contributed by atoms with van der Waals surface area (Å²) in [6, 6.07) is 11.7. The van der Waals surface area contributed by atoms with Gasteiger partial charge < -0.3 is 14.9 Å². The number of aromatic carboxylic acids is 1. The summed E-state index contributed by atoms with van der Waals surface area (Å²) in [5, 5.41) is 27.1. The smallest absolute Gasteiger partial charge is 0.341 e. The van der Waals surface area contributed by atoms with Crippen LogP contribution in [0.1, 0.15) is 21.5 Å². The van der Waals surface area contributed by atoms with Crippen molar-refractivity contribution in [2.45, 2.75) is 0 Å². The summed E-state index contributed by atoms with van der Waals surface area (Å²) in [5.41, 5.74) is 1.89. The van der Waals surface area contributed by atoms with Crippen LogP contribution in [0, 0.1) is 18.5 Å². The summed E-state index contributed by atoms with van der Waals surface area (Å²) in [4.78, 5) is 21.6. The van der Waals surface area contributed by atoms with Gasteiger partial charge in [-0.2, -0.15) is 5.26 Å². The topological polar surface area (TPSA) is 108 Å². The Hall–Kier alpha value is -2.13. The van der Waals surface area contributed by atoms with Crippen LogP contribution in [-0.4, -0.2) is 28.8 Å². The normalized spacial score (nSPS) is 10.9. The van der Waals surface area contributed by atoms with Gasteiger partial charge in [0, 0.05) is 0 Å². The molecular weight excluding hydrogens is 564 g/mol. The molecule has 0 radical (unpaired) electrons. The van der Waals surface area contributed by atoms with Crippen molar-refractivity contribution in [3.05, 3.63) is 60.2 Å². The molecule has 8 heteroatoms. The van der Waals surface area contributed by atoms with Gasteiger partial charge in [-0.3, -0.25) is 0 Å². The fourth-order valence-corrected chi connectivity index (χ4v) is 4.20. The lowest BCUT2D eigenvalue weighted by atomic mass is 10.0. The Kier molecular flexibility index (Phi) is 6.98. The minimum Gasteiger partial charge on any atom is -0.480 e. The van der Waals surface area contributed by atoms with Gasteiger partial charge in [0.05, 0.1) is 24.3 Å². The second-order valence-corrected chi connectivity index (χ2v) is 7.37. The summed E-state index contributed by atoms with van der Waals surface area (Å²) in [6.07, 6.45) is 1.68. The van der Waals surface area contributed by atoms with E-state index in [9.17, 15) is 14.9 Å². The van der Waals surface area contributed by atoms with E-state index in [1.807, 2.05) is 45.2 Å². The molecule has 0 unspecified atom stereocenters. The molecule has 0 bridgehead atoms. The molecule has 6 nitrogen and oxygen atoms in total. The van der Waals surface area contributed by atoms with E-state index in [0.29, 0.717) is 16.9 Å². The van der Waals surface area contributed by atoms with Crippen LogP contribution in [0.5, 0.6) is 5.75 Å². The number of nitriles is 1. The number of carboxylic acid groups (broad SMARTS) is 2. The molecule has 2 N–H and O–H groups in total. The van der Waals surface area contributed by atoms with Crippen molar-refractivity contribution in [2.75, 3.05) is 6.61 Å². The summed E-state index contributed by atoms with van der Waals surface area (Å²) in [5.74, 6) is -1.60. The number of hydrogen-bond donors (Lipinski definition) is 2.